The third-order valence-corrected chi connectivity index (χ3v) is 2.17. The molecule has 1 N–H and O–H groups in total. The molecule has 88 valence electrons. The summed E-state index contributed by atoms with van der Waals surface area (Å²) < 4.78 is 5.41. The van der Waals surface area contributed by atoms with Gasteiger partial charge in [0.1, 0.15) is 0 Å². The Balaban J connectivity index is 2.35. The highest BCUT2D eigenvalue weighted by Crippen LogP contribution is 2.09. The molecule has 0 aliphatic heterocycles. The summed E-state index contributed by atoms with van der Waals surface area (Å²) in [4.78, 5) is 11.1. The SMILES string of the molecule is CC(=O)c1ccc(NCCOC(C)C)cc1. The van der Waals surface area contributed by atoms with Crippen molar-refractivity contribution in [2.45, 2.75) is 26.9 Å². The summed E-state index contributed by atoms with van der Waals surface area (Å²) in [5.41, 5.74) is 1.75. The Bertz CT molecular complexity index is 330. The van der Waals surface area contributed by atoms with Crippen molar-refractivity contribution in [1.82, 2.24) is 0 Å². The molecule has 0 aromatic heterocycles. The Morgan fingerprint density at radius 2 is 1.94 bits per heavy atom. The Morgan fingerprint density at radius 3 is 2.44 bits per heavy atom. The maximum absolute atomic E-state index is 11.1. The molecule has 0 heterocycles. The Kier molecular flexibility index (Phi) is 4.99. The largest absolute Gasteiger partial charge is 0.383 e. The lowest BCUT2D eigenvalue weighted by molar-refractivity contribution is 0.0870. The minimum absolute atomic E-state index is 0.0923. The van der Waals surface area contributed by atoms with Crippen molar-refractivity contribution in [2.75, 3.05) is 18.5 Å². The van der Waals surface area contributed by atoms with E-state index < -0.39 is 0 Å². The molecule has 0 aliphatic rings. The van der Waals surface area contributed by atoms with Crippen LogP contribution in [0.25, 0.3) is 0 Å². The highest BCUT2D eigenvalue weighted by Gasteiger charge is 1.98. The second-order valence-electron chi connectivity index (χ2n) is 3.98. The number of nitrogens with one attached hydrogen (secondary N) is 1. The Morgan fingerprint density at radius 1 is 1.31 bits per heavy atom. The van der Waals surface area contributed by atoms with Gasteiger partial charge in [0.2, 0.25) is 0 Å². The van der Waals surface area contributed by atoms with E-state index in [1.165, 1.54) is 0 Å². The first-order valence-electron chi connectivity index (χ1n) is 5.56. The average molecular weight is 221 g/mol. The van der Waals surface area contributed by atoms with Crippen molar-refractivity contribution >= 4 is 11.5 Å². The molecule has 16 heavy (non-hydrogen) atoms. The van der Waals surface area contributed by atoms with Gasteiger partial charge in [0.15, 0.2) is 5.78 Å². The second kappa shape index (κ2) is 6.28. The summed E-state index contributed by atoms with van der Waals surface area (Å²) in [7, 11) is 0. The van der Waals surface area contributed by atoms with Gasteiger partial charge in [-0.25, -0.2) is 0 Å². The minimum atomic E-state index is 0.0923. The third-order valence-electron chi connectivity index (χ3n) is 2.17. The molecule has 0 atom stereocenters. The van der Waals surface area contributed by atoms with Crippen LogP contribution in [0.4, 0.5) is 5.69 Å². The van der Waals surface area contributed by atoms with E-state index in [0.717, 1.165) is 17.8 Å². The van der Waals surface area contributed by atoms with E-state index in [4.69, 9.17) is 4.74 Å². The summed E-state index contributed by atoms with van der Waals surface area (Å²) in [6, 6.07) is 7.47. The van der Waals surface area contributed by atoms with E-state index in [-0.39, 0.29) is 11.9 Å². The van der Waals surface area contributed by atoms with Crippen LogP contribution in [0.2, 0.25) is 0 Å². The molecular weight excluding hydrogens is 202 g/mol. The van der Waals surface area contributed by atoms with Crippen molar-refractivity contribution < 1.29 is 9.53 Å². The van der Waals surface area contributed by atoms with E-state index >= 15 is 0 Å². The van der Waals surface area contributed by atoms with E-state index in [1.54, 1.807) is 6.92 Å². The summed E-state index contributed by atoms with van der Waals surface area (Å²) in [6.45, 7) is 7.06. The van der Waals surface area contributed by atoms with Crippen molar-refractivity contribution in [3.05, 3.63) is 29.8 Å². The van der Waals surface area contributed by atoms with E-state index in [9.17, 15) is 4.79 Å². The number of carbonyl (C=O) groups is 1. The number of anilines is 1. The van der Waals surface area contributed by atoms with Gasteiger partial charge in [0.25, 0.3) is 0 Å². The molecule has 3 nitrogen and oxygen atoms in total. The normalized spacial score (nSPS) is 10.5. The quantitative estimate of drug-likeness (QED) is 0.593. The summed E-state index contributed by atoms with van der Waals surface area (Å²) in [5, 5.41) is 3.23. The zero-order valence-electron chi connectivity index (χ0n) is 10.1. The van der Waals surface area contributed by atoms with Crippen LogP contribution in [0.5, 0.6) is 0 Å². The van der Waals surface area contributed by atoms with Crippen LogP contribution < -0.4 is 5.32 Å². The lowest BCUT2D eigenvalue weighted by atomic mass is 10.1. The molecule has 3 heteroatoms. The summed E-state index contributed by atoms with van der Waals surface area (Å²) in [5.74, 6) is 0.0923. The Hall–Kier alpha value is -1.35. The van der Waals surface area contributed by atoms with Crippen LogP contribution in [0.1, 0.15) is 31.1 Å². The predicted molar refractivity (Wildman–Crippen MR) is 66.0 cm³/mol. The van der Waals surface area contributed by atoms with Gasteiger partial charge in [-0.15, -0.1) is 0 Å². The van der Waals surface area contributed by atoms with Crippen molar-refractivity contribution in [3.63, 3.8) is 0 Å². The van der Waals surface area contributed by atoms with E-state index in [0.29, 0.717) is 6.61 Å². The van der Waals surface area contributed by atoms with Crippen molar-refractivity contribution in [2.24, 2.45) is 0 Å². The molecule has 0 aliphatic carbocycles. The van der Waals surface area contributed by atoms with Crippen LogP contribution in [-0.2, 0) is 4.74 Å². The molecule has 0 amide bonds. The molecule has 0 saturated carbocycles. The average Bonchev–Trinajstić information content (AvgIpc) is 2.25. The van der Waals surface area contributed by atoms with Crippen LogP contribution in [0.15, 0.2) is 24.3 Å². The molecule has 0 bridgehead atoms. The van der Waals surface area contributed by atoms with Crippen LogP contribution in [0.3, 0.4) is 0 Å². The molecule has 0 fully saturated rings. The maximum atomic E-state index is 11.1. The van der Waals surface area contributed by atoms with Gasteiger partial charge in [-0.05, 0) is 45.0 Å². The number of hydrogen-bond donors (Lipinski definition) is 1. The van der Waals surface area contributed by atoms with Gasteiger partial charge < -0.3 is 10.1 Å². The molecule has 0 radical (unpaired) electrons. The first kappa shape index (κ1) is 12.7. The van der Waals surface area contributed by atoms with E-state index in [2.05, 4.69) is 5.32 Å². The highest BCUT2D eigenvalue weighted by molar-refractivity contribution is 5.94. The van der Waals surface area contributed by atoms with Gasteiger partial charge in [-0.1, -0.05) is 0 Å². The first-order valence-corrected chi connectivity index (χ1v) is 5.56. The Labute approximate surface area is 96.8 Å². The standard InChI is InChI=1S/C13H19NO2/c1-10(2)16-9-8-14-13-6-4-12(5-7-13)11(3)15/h4-7,10,14H,8-9H2,1-3H3. The van der Waals surface area contributed by atoms with Crippen LogP contribution in [-0.4, -0.2) is 25.0 Å². The zero-order valence-corrected chi connectivity index (χ0v) is 10.1. The lowest BCUT2D eigenvalue weighted by Gasteiger charge is -2.09. The van der Waals surface area contributed by atoms with Gasteiger partial charge in [0.05, 0.1) is 12.7 Å². The molecule has 0 spiro atoms. The maximum Gasteiger partial charge on any atom is 0.159 e. The predicted octanol–water partition coefficient (Wildman–Crippen LogP) is 2.73. The van der Waals surface area contributed by atoms with E-state index in [1.807, 2.05) is 38.1 Å². The highest BCUT2D eigenvalue weighted by atomic mass is 16.5. The molecule has 1 aromatic carbocycles. The number of ether oxygens (including phenoxy) is 1. The lowest BCUT2D eigenvalue weighted by Crippen LogP contribution is -2.13. The molecule has 0 saturated heterocycles. The number of hydrogen-bond acceptors (Lipinski definition) is 3. The van der Waals surface area contributed by atoms with Crippen molar-refractivity contribution in [1.29, 1.82) is 0 Å². The smallest absolute Gasteiger partial charge is 0.159 e. The number of carbonyl (C=O) groups excluding carboxylic acids is 1. The fraction of sp³-hybridized carbons (Fsp3) is 0.462. The topological polar surface area (TPSA) is 38.3 Å². The molecule has 1 aromatic rings. The first-order chi connectivity index (χ1) is 7.59. The van der Waals surface area contributed by atoms with Gasteiger partial charge in [0, 0.05) is 17.8 Å². The van der Waals surface area contributed by atoms with Gasteiger partial charge >= 0.3 is 0 Å². The number of ketones is 1. The fourth-order valence-corrected chi connectivity index (χ4v) is 1.31. The van der Waals surface area contributed by atoms with Crippen molar-refractivity contribution in [3.8, 4) is 0 Å². The van der Waals surface area contributed by atoms with Crippen LogP contribution in [0, 0.1) is 0 Å². The zero-order chi connectivity index (χ0) is 12.0. The van der Waals surface area contributed by atoms with Crippen LogP contribution >= 0.6 is 0 Å². The monoisotopic (exact) mass is 221 g/mol. The third kappa shape index (κ3) is 4.45. The fourth-order valence-electron chi connectivity index (χ4n) is 1.31. The molecular formula is C13H19NO2. The number of rotatable bonds is 6. The van der Waals surface area contributed by atoms with Gasteiger partial charge in [-0.3, -0.25) is 4.79 Å². The number of Topliss-reactive ketones (excluding diaryl/α,β-unsaturated/α-hetero) is 1. The minimum Gasteiger partial charge on any atom is -0.383 e. The number of benzene rings is 1. The molecule has 0 unspecified atom stereocenters. The summed E-state index contributed by atoms with van der Waals surface area (Å²) >= 11 is 0. The second-order valence-corrected chi connectivity index (χ2v) is 3.98. The van der Waals surface area contributed by atoms with Gasteiger partial charge in [-0.2, -0.15) is 0 Å². The summed E-state index contributed by atoms with van der Waals surface area (Å²) in [6.07, 6.45) is 0.266. The molecule has 1 rings (SSSR count).